The molecule has 200 valence electrons. The van der Waals surface area contributed by atoms with Gasteiger partial charge in [-0.3, -0.25) is 14.6 Å². The monoisotopic (exact) mass is 499 g/mol. The van der Waals surface area contributed by atoms with Crippen LogP contribution in [0.15, 0.2) is 41.6 Å². The molecule has 2 N–H and O–H groups in total. The third-order valence-electron chi connectivity index (χ3n) is 7.52. The van der Waals surface area contributed by atoms with E-state index < -0.39 is 35.6 Å². The second-order valence-electron chi connectivity index (χ2n) is 11.0. The highest BCUT2D eigenvalue weighted by molar-refractivity contribution is 5.88. The Balaban J connectivity index is 2.37. The summed E-state index contributed by atoms with van der Waals surface area (Å²) in [5.74, 6) is -1.37. The van der Waals surface area contributed by atoms with Gasteiger partial charge >= 0.3 is 5.97 Å². The minimum atomic E-state index is -1.22. The van der Waals surface area contributed by atoms with E-state index in [1.165, 1.54) is 5.57 Å². The fourth-order valence-electron chi connectivity index (χ4n) is 4.82. The summed E-state index contributed by atoms with van der Waals surface area (Å²) < 4.78 is 5.84. The second-order valence-corrected chi connectivity index (χ2v) is 11.0. The second kappa shape index (κ2) is 13.8. The van der Waals surface area contributed by atoms with Crippen molar-refractivity contribution in [2.24, 2.45) is 17.3 Å². The number of allylic oxidation sites excluding steroid dienone is 1. The van der Waals surface area contributed by atoms with Gasteiger partial charge in [0, 0.05) is 18.5 Å². The van der Waals surface area contributed by atoms with Gasteiger partial charge in [-0.05, 0) is 69.2 Å². The largest absolute Gasteiger partial charge is 0.457 e. The van der Waals surface area contributed by atoms with Gasteiger partial charge in [0.1, 0.15) is 11.9 Å². The Morgan fingerprint density at radius 3 is 2.61 bits per heavy atom. The maximum Gasteiger partial charge on any atom is 0.309 e. The minimum absolute atomic E-state index is 0.0413. The number of pyridine rings is 1. The zero-order valence-corrected chi connectivity index (χ0v) is 22.9. The number of hydrogen-bond acceptors (Lipinski definition) is 6. The lowest BCUT2D eigenvalue weighted by Gasteiger charge is -2.36. The van der Waals surface area contributed by atoms with Crippen molar-refractivity contribution in [2.45, 2.75) is 105 Å². The standard InChI is InChI=1S/C30H45NO5/c1-7-11-24-28(34)21(3)13-10-12-20(2)15-16-25(22(4)18-23-14-8-9-17-31-23)36-27(33)19-26(32)30(5,6)29(24)35/h8-9,14-15,17-18,21,24-26,28,32,34H,7,10-13,16,19H2,1-6H3/b20-15-,22-18+/t21-,24+,25-,26-,28-/m0/s1. The van der Waals surface area contributed by atoms with Crippen LogP contribution in [-0.4, -0.2) is 45.3 Å². The Kier molecular flexibility index (Phi) is 11.5. The summed E-state index contributed by atoms with van der Waals surface area (Å²) in [4.78, 5) is 30.8. The van der Waals surface area contributed by atoms with Crippen molar-refractivity contribution in [1.82, 2.24) is 4.98 Å². The van der Waals surface area contributed by atoms with Gasteiger partial charge in [0.05, 0.1) is 29.7 Å². The number of Topliss-reactive ketones (excluding diaryl/α,β-unsaturated/α-hetero) is 1. The lowest BCUT2D eigenvalue weighted by atomic mass is 9.71. The molecule has 0 saturated carbocycles. The number of rotatable bonds is 4. The number of aliphatic hydroxyl groups excluding tert-OH is 2. The van der Waals surface area contributed by atoms with E-state index in [0.29, 0.717) is 12.8 Å². The van der Waals surface area contributed by atoms with Gasteiger partial charge in [0.15, 0.2) is 0 Å². The van der Waals surface area contributed by atoms with Crippen molar-refractivity contribution in [3.05, 3.63) is 47.3 Å². The summed E-state index contributed by atoms with van der Waals surface area (Å²) in [6.45, 7) is 11.3. The molecule has 1 aliphatic rings. The van der Waals surface area contributed by atoms with Crippen LogP contribution in [0.5, 0.6) is 0 Å². The smallest absolute Gasteiger partial charge is 0.309 e. The summed E-state index contributed by atoms with van der Waals surface area (Å²) in [5.41, 5.74) is 1.64. The number of carbonyl (C=O) groups is 2. The van der Waals surface area contributed by atoms with Crippen LogP contribution < -0.4 is 0 Å². The number of aromatic nitrogens is 1. The number of hydrogen-bond donors (Lipinski definition) is 2. The van der Waals surface area contributed by atoms with Gasteiger partial charge in [-0.1, -0.05) is 51.8 Å². The lowest BCUT2D eigenvalue weighted by molar-refractivity contribution is -0.154. The Labute approximate surface area is 216 Å². The van der Waals surface area contributed by atoms with E-state index in [9.17, 15) is 19.8 Å². The molecule has 0 spiro atoms. The number of ether oxygens (including phenoxy) is 1. The zero-order valence-electron chi connectivity index (χ0n) is 22.9. The third kappa shape index (κ3) is 8.38. The molecular weight excluding hydrogens is 454 g/mol. The number of aliphatic hydroxyl groups is 2. The van der Waals surface area contributed by atoms with Crippen molar-refractivity contribution in [2.75, 3.05) is 0 Å². The van der Waals surface area contributed by atoms with Crippen molar-refractivity contribution in [3.63, 3.8) is 0 Å². The molecule has 2 rings (SSSR count). The fraction of sp³-hybridized carbons (Fsp3) is 0.633. The Morgan fingerprint density at radius 1 is 1.25 bits per heavy atom. The van der Waals surface area contributed by atoms with Crippen LogP contribution in [0, 0.1) is 17.3 Å². The van der Waals surface area contributed by atoms with E-state index >= 15 is 0 Å². The van der Waals surface area contributed by atoms with E-state index in [1.54, 1.807) is 20.0 Å². The number of esters is 1. The third-order valence-corrected chi connectivity index (χ3v) is 7.52. The Morgan fingerprint density at radius 2 is 1.97 bits per heavy atom. The van der Waals surface area contributed by atoms with Crippen LogP contribution in [0.2, 0.25) is 0 Å². The molecule has 0 radical (unpaired) electrons. The first-order valence-electron chi connectivity index (χ1n) is 13.3. The first kappa shape index (κ1) is 29.9. The predicted octanol–water partition coefficient (Wildman–Crippen LogP) is 5.68. The summed E-state index contributed by atoms with van der Waals surface area (Å²) in [5, 5.41) is 22.1. The van der Waals surface area contributed by atoms with Crippen molar-refractivity contribution in [1.29, 1.82) is 0 Å². The first-order chi connectivity index (χ1) is 17.0. The van der Waals surface area contributed by atoms with Gasteiger partial charge in [-0.15, -0.1) is 0 Å². The van der Waals surface area contributed by atoms with E-state index in [2.05, 4.69) is 18.0 Å². The molecule has 0 bridgehead atoms. The quantitative estimate of drug-likeness (QED) is 0.409. The molecule has 1 aromatic rings. The summed E-state index contributed by atoms with van der Waals surface area (Å²) >= 11 is 0. The summed E-state index contributed by atoms with van der Waals surface area (Å²) in [6, 6.07) is 5.64. The molecule has 0 aromatic carbocycles. The van der Waals surface area contributed by atoms with Gasteiger partial charge in [0.2, 0.25) is 0 Å². The van der Waals surface area contributed by atoms with Crippen LogP contribution >= 0.6 is 0 Å². The SMILES string of the molecule is CCC[C@H]1C(=O)C(C)(C)[C@@H](O)CC(=O)O[C@H](/C(C)=C/c2ccccn2)C/C=C(/C)CCC[C@H](C)[C@@H]1O. The first-order valence-corrected chi connectivity index (χ1v) is 13.3. The van der Waals surface area contributed by atoms with Crippen molar-refractivity contribution < 1.29 is 24.5 Å². The van der Waals surface area contributed by atoms with Crippen molar-refractivity contribution in [3.8, 4) is 0 Å². The van der Waals surface area contributed by atoms with Crippen LogP contribution in [0.3, 0.4) is 0 Å². The summed E-state index contributed by atoms with van der Waals surface area (Å²) in [7, 11) is 0. The Bertz CT molecular complexity index is 921. The van der Waals surface area contributed by atoms with Gasteiger partial charge in [0.25, 0.3) is 0 Å². The highest BCUT2D eigenvalue weighted by Crippen LogP contribution is 2.34. The van der Waals surface area contributed by atoms with Crippen LogP contribution in [0.25, 0.3) is 6.08 Å². The van der Waals surface area contributed by atoms with Crippen LogP contribution in [0.4, 0.5) is 0 Å². The average molecular weight is 500 g/mol. The summed E-state index contributed by atoms with van der Waals surface area (Å²) in [6.07, 6.45) is 7.32. The molecular formula is C30H45NO5. The maximum atomic E-state index is 13.6. The highest BCUT2D eigenvalue weighted by atomic mass is 16.5. The molecule has 36 heavy (non-hydrogen) atoms. The highest BCUT2D eigenvalue weighted by Gasteiger charge is 2.43. The molecule has 6 nitrogen and oxygen atoms in total. The number of carbonyl (C=O) groups excluding carboxylic acids is 2. The molecule has 0 unspecified atom stereocenters. The molecule has 0 aliphatic carbocycles. The molecule has 0 amide bonds. The van der Waals surface area contributed by atoms with E-state index in [1.807, 2.05) is 45.0 Å². The number of nitrogens with zero attached hydrogens (tertiary/aromatic N) is 1. The molecule has 5 atom stereocenters. The topological polar surface area (TPSA) is 96.7 Å². The minimum Gasteiger partial charge on any atom is -0.457 e. The van der Waals surface area contributed by atoms with Gasteiger partial charge < -0.3 is 14.9 Å². The lowest BCUT2D eigenvalue weighted by Crippen LogP contribution is -2.46. The molecule has 6 heteroatoms. The molecule has 2 heterocycles. The molecule has 1 aliphatic heterocycles. The van der Waals surface area contributed by atoms with E-state index in [0.717, 1.165) is 37.0 Å². The zero-order chi connectivity index (χ0) is 26.9. The molecule has 1 aromatic heterocycles. The number of ketones is 1. The molecule has 0 fully saturated rings. The van der Waals surface area contributed by atoms with Gasteiger partial charge in [-0.2, -0.15) is 0 Å². The van der Waals surface area contributed by atoms with Crippen LogP contribution in [-0.2, 0) is 14.3 Å². The van der Waals surface area contributed by atoms with E-state index in [4.69, 9.17) is 4.74 Å². The predicted molar refractivity (Wildman–Crippen MR) is 143 cm³/mol. The Hall–Kier alpha value is -2.31. The molecule has 0 saturated heterocycles. The van der Waals surface area contributed by atoms with E-state index in [-0.39, 0.29) is 18.1 Å². The average Bonchev–Trinajstić information content (AvgIpc) is 2.84. The van der Waals surface area contributed by atoms with Crippen LogP contribution in [0.1, 0.15) is 92.2 Å². The number of cyclic esters (lactones) is 1. The van der Waals surface area contributed by atoms with Gasteiger partial charge in [-0.25, -0.2) is 0 Å². The normalized spacial score (nSPS) is 30.8. The van der Waals surface area contributed by atoms with Crippen molar-refractivity contribution >= 4 is 17.8 Å². The maximum absolute atomic E-state index is 13.6. The fourth-order valence-corrected chi connectivity index (χ4v) is 4.82.